The van der Waals surface area contributed by atoms with Gasteiger partial charge < -0.3 is 15.0 Å². The maximum absolute atomic E-state index is 12.9. The summed E-state index contributed by atoms with van der Waals surface area (Å²) in [6.07, 6.45) is 1.44. The minimum atomic E-state index is -0.388. The Labute approximate surface area is 187 Å². The molecule has 2 aromatic heterocycles. The molecule has 0 saturated heterocycles. The molecule has 0 atom stereocenters. The van der Waals surface area contributed by atoms with Gasteiger partial charge in [0.15, 0.2) is 0 Å². The number of para-hydroxylation sites is 1. The van der Waals surface area contributed by atoms with E-state index in [2.05, 4.69) is 15.4 Å². The molecule has 2 N–H and O–H groups in total. The van der Waals surface area contributed by atoms with Crippen LogP contribution in [0.4, 0.5) is 5.69 Å². The molecule has 0 fully saturated rings. The van der Waals surface area contributed by atoms with E-state index in [9.17, 15) is 9.59 Å². The molecule has 0 unspecified atom stereocenters. The fourth-order valence-electron chi connectivity index (χ4n) is 3.45. The lowest BCUT2D eigenvalue weighted by Crippen LogP contribution is -2.15. The Morgan fingerprint density at radius 3 is 2.72 bits per heavy atom. The zero-order valence-electron chi connectivity index (χ0n) is 16.7. The number of anilines is 1. The number of ether oxygens (including phenoxy) is 1. The van der Waals surface area contributed by atoms with Crippen LogP contribution in [0, 0.1) is 0 Å². The predicted molar refractivity (Wildman–Crippen MR) is 123 cm³/mol. The van der Waals surface area contributed by atoms with Gasteiger partial charge in [0.2, 0.25) is 0 Å². The largest absolute Gasteiger partial charge is 0.489 e. The van der Waals surface area contributed by atoms with Crippen molar-refractivity contribution in [1.29, 1.82) is 0 Å². The second-order valence-corrected chi connectivity index (χ2v) is 7.62. The zero-order valence-corrected chi connectivity index (χ0v) is 17.5. The highest BCUT2D eigenvalue weighted by atomic mass is 35.5. The van der Waals surface area contributed by atoms with Crippen molar-refractivity contribution >= 4 is 39.7 Å². The third-order valence-corrected chi connectivity index (χ3v) is 5.29. The monoisotopic (exact) mass is 444 g/mol. The summed E-state index contributed by atoms with van der Waals surface area (Å²) >= 11 is 5.91. The summed E-state index contributed by atoms with van der Waals surface area (Å²) in [5, 5.41) is 8.29. The van der Waals surface area contributed by atoms with Gasteiger partial charge in [0.25, 0.3) is 11.5 Å². The molecule has 0 bridgehead atoms. The summed E-state index contributed by atoms with van der Waals surface area (Å²) < 4.78 is 7.37. The van der Waals surface area contributed by atoms with Crippen LogP contribution >= 0.6 is 11.6 Å². The third-order valence-electron chi connectivity index (χ3n) is 5.03. The van der Waals surface area contributed by atoms with Crippen molar-refractivity contribution in [3.8, 4) is 5.75 Å². The van der Waals surface area contributed by atoms with Crippen LogP contribution in [0.2, 0.25) is 5.02 Å². The minimum absolute atomic E-state index is 0.264. The van der Waals surface area contributed by atoms with Crippen LogP contribution in [0.3, 0.4) is 0 Å². The normalized spacial score (nSPS) is 11.0. The van der Waals surface area contributed by atoms with Crippen molar-refractivity contribution in [2.45, 2.75) is 6.61 Å². The van der Waals surface area contributed by atoms with E-state index < -0.39 is 0 Å². The molecule has 3 aromatic carbocycles. The van der Waals surface area contributed by atoms with Crippen molar-refractivity contribution in [3.63, 3.8) is 0 Å². The Morgan fingerprint density at radius 2 is 1.88 bits per heavy atom. The Kier molecular flexibility index (Phi) is 5.09. The molecule has 158 valence electrons. The summed E-state index contributed by atoms with van der Waals surface area (Å²) in [5.74, 6) is 0.220. The Hall–Kier alpha value is -4.10. The first-order valence-electron chi connectivity index (χ1n) is 9.86. The average Bonchev–Trinajstić information content (AvgIpc) is 3.23. The summed E-state index contributed by atoms with van der Waals surface area (Å²) in [6.45, 7) is 0.372. The number of hydrogen-bond acceptors (Lipinski definition) is 4. The maximum atomic E-state index is 12.9. The van der Waals surface area contributed by atoms with Crippen LogP contribution in [0.15, 0.2) is 83.8 Å². The molecule has 0 spiro atoms. The maximum Gasteiger partial charge on any atom is 0.261 e. The van der Waals surface area contributed by atoms with Crippen LogP contribution in [-0.4, -0.2) is 20.5 Å². The highest BCUT2D eigenvalue weighted by Crippen LogP contribution is 2.21. The van der Waals surface area contributed by atoms with Gasteiger partial charge in [-0.3, -0.25) is 9.59 Å². The van der Waals surface area contributed by atoms with Gasteiger partial charge in [-0.1, -0.05) is 41.9 Å². The summed E-state index contributed by atoms with van der Waals surface area (Å²) in [7, 11) is 0. The summed E-state index contributed by atoms with van der Waals surface area (Å²) in [4.78, 5) is 28.1. The highest BCUT2D eigenvalue weighted by Gasteiger charge is 2.16. The van der Waals surface area contributed by atoms with Gasteiger partial charge in [0.05, 0.1) is 17.1 Å². The molecule has 0 saturated carbocycles. The second kappa shape index (κ2) is 8.20. The Morgan fingerprint density at radius 1 is 1.06 bits per heavy atom. The van der Waals surface area contributed by atoms with Gasteiger partial charge in [-0.2, -0.15) is 5.10 Å². The molecule has 0 aliphatic rings. The van der Waals surface area contributed by atoms with Gasteiger partial charge in [0, 0.05) is 16.8 Å². The molecule has 8 heteroatoms. The van der Waals surface area contributed by atoms with Gasteiger partial charge in [0.1, 0.15) is 23.6 Å². The van der Waals surface area contributed by atoms with Crippen molar-refractivity contribution in [1.82, 2.24) is 14.6 Å². The lowest BCUT2D eigenvalue weighted by atomic mass is 10.2. The van der Waals surface area contributed by atoms with E-state index in [4.69, 9.17) is 16.3 Å². The van der Waals surface area contributed by atoms with Crippen LogP contribution in [0.5, 0.6) is 5.75 Å². The summed E-state index contributed by atoms with van der Waals surface area (Å²) in [6, 6.07) is 21.6. The molecule has 2 heterocycles. The number of amides is 1. The van der Waals surface area contributed by atoms with Crippen molar-refractivity contribution < 1.29 is 9.53 Å². The lowest BCUT2D eigenvalue weighted by molar-refractivity contribution is 0.102. The molecule has 1 amide bonds. The van der Waals surface area contributed by atoms with Crippen LogP contribution < -0.4 is 15.6 Å². The number of halogens is 1. The number of rotatable bonds is 5. The number of carbonyl (C=O) groups is 1. The van der Waals surface area contributed by atoms with E-state index in [0.717, 1.165) is 5.56 Å². The van der Waals surface area contributed by atoms with Gasteiger partial charge in [-0.25, -0.2) is 4.52 Å². The van der Waals surface area contributed by atoms with Crippen molar-refractivity contribution in [3.05, 3.63) is 105 Å². The average molecular weight is 445 g/mol. The molecule has 0 radical (unpaired) electrons. The highest BCUT2D eigenvalue weighted by molar-refractivity contribution is 6.30. The third kappa shape index (κ3) is 3.81. The fourth-order valence-corrected chi connectivity index (χ4v) is 3.58. The molecule has 5 aromatic rings. The first kappa shape index (κ1) is 19.8. The molecule has 0 aliphatic heterocycles. The van der Waals surface area contributed by atoms with E-state index in [1.54, 1.807) is 53.0 Å². The fraction of sp³-hybridized carbons (Fsp3) is 0.0417. The number of benzene rings is 3. The van der Waals surface area contributed by atoms with Crippen molar-refractivity contribution in [2.24, 2.45) is 0 Å². The standard InChI is InChI=1S/C24H17ClN4O3/c25-16-10-8-15(9-11-16)14-32-18-5-3-4-17(12-18)27-24(31)20-13-26-29-21-7-2-1-6-19(21)23(30)28-22(20)29/h1-13H,14H2,(H,27,31)(H,28,30). The number of nitrogens with one attached hydrogen (secondary N) is 2. The van der Waals surface area contributed by atoms with E-state index in [1.807, 2.05) is 24.3 Å². The van der Waals surface area contributed by atoms with Crippen molar-refractivity contribution in [2.75, 3.05) is 5.32 Å². The van der Waals surface area contributed by atoms with E-state index in [1.165, 1.54) is 6.20 Å². The van der Waals surface area contributed by atoms with E-state index in [0.29, 0.717) is 39.6 Å². The van der Waals surface area contributed by atoms with Gasteiger partial charge in [-0.15, -0.1) is 0 Å². The van der Waals surface area contributed by atoms with E-state index >= 15 is 0 Å². The number of aromatic nitrogens is 3. The molecular weight excluding hydrogens is 428 g/mol. The Balaban J connectivity index is 1.37. The first-order valence-corrected chi connectivity index (χ1v) is 10.2. The number of H-pyrrole nitrogens is 1. The minimum Gasteiger partial charge on any atom is -0.489 e. The number of aromatic amines is 1. The number of nitrogens with zero attached hydrogens (tertiary/aromatic N) is 2. The van der Waals surface area contributed by atoms with Gasteiger partial charge >= 0.3 is 0 Å². The predicted octanol–water partition coefficient (Wildman–Crippen LogP) is 4.66. The van der Waals surface area contributed by atoms with Crippen LogP contribution in [-0.2, 0) is 6.61 Å². The Bertz CT molecular complexity index is 1510. The molecule has 0 aliphatic carbocycles. The molecule has 7 nitrogen and oxygen atoms in total. The molecular formula is C24H17ClN4O3. The lowest BCUT2D eigenvalue weighted by Gasteiger charge is -2.09. The summed E-state index contributed by atoms with van der Waals surface area (Å²) in [5.41, 5.74) is 2.49. The second-order valence-electron chi connectivity index (χ2n) is 7.19. The SMILES string of the molecule is O=C(Nc1cccc(OCc2ccc(Cl)cc2)c1)c1cnn2c1[nH]c(=O)c1ccccc12. The van der Waals surface area contributed by atoms with E-state index in [-0.39, 0.29) is 17.0 Å². The molecule has 32 heavy (non-hydrogen) atoms. The van der Waals surface area contributed by atoms with Crippen LogP contribution in [0.1, 0.15) is 15.9 Å². The van der Waals surface area contributed by atoms with Gasteiger partial charge in [-0.05, 0) is 42.0 Å². The number of fused-ring (bicyclic) bond motifs is 3. The number of carbonyl (C=O) groups excluding carboxylic acids is 1. The first-order chi connectivity index (χ1) is 15.6. The molecule has 5 rings (SSSR count). The smallest absolute Gasteiger partial charge is 0.261 e. The van der Waals surface area contributed by atoms with Crippen LogP contribution in [0.25, 0.3) is 16.6 Å². The quantitative estimate of drug-likeness (QED) is 0.412. The number of hydrogen-bond donors (Lipinski definition) is 2. The topological polar surface area (TPSA) is 88.5 Å². The zero-order chi connectivity index (χ0) is 22.1.